The van der Waals surface area contributed by atoms with E-state index in [-0.39, 0.29) is 24.8 Å². The number of aliphatic hydroxyl groups excluding tert-OH is 1. The van der Waals surface area contributed by atoms with E-state index in [0.717, 1.165) is 0 Å². The van der Waals surface area contributed by atoms with E-state index < -0.39 is 0 Å². The average Bonchev–Trinajstić information content (AvgIpc) is 2.57. The number of pyridine rings is 1. The number of anilines is 2. The Kier molecular flexibility index (Phi) is 5.39. The van der Waals surface area contributed by atoms with Gasteiger partial charge in [-0.1, -0.05) is 0 Å². The lowest BCUT2D eigenvalue weighted by atomic mass is 10.1. The van der Waals surface area contributed by atoms with Gasteiger partial charge in [0.15, 0.2) is 0 Å². The summed E-state index contributed by atoms with van der Waals surface area (Å²) in [5.41, 5.74) is 14.5. The van der Waals surface area contributed by atoms with E-state index >= 15 is 0 Å². The first-order valence-electron chi connectivity index (χ1n) is 7.30. The zero-order valence-electron chi connectivity index (χ0n) is 13.3. The first-order valence-corrected chi connectivity index (χ1v) is 7.30. The molecular weight excluding hydrogens is 308 g/mol. The molecule has 7 N–H and O–H groups in total. The fraction of sp³-hybridized carbons (Fsp3) is 0.176. The molecule has 0 unspecified atom stereocenters. The number of carbonyl (C=O) groups excluding carboxylic acids is 1. The predicted molar refractivity (Wildman–Crippen MR) is 92.7 cm³/mol. The number of aliphatic hydroxyl groups is 1. The van der Waals surface area contributed by atoms with Gasteiger partial charge in [0.25, 0.3) is 0 Å². The van der Waals surface area contributed by atoms with Gasteiger partial charge in [-0.25, -0.2) is 0 Å². The number of aryl methyl sites for hydroxylation is 1. The monoisotopic (exact) mass is 328 g/mol. The number of rotatable bonds is 5. The van der Waals surface area contributed by atoms with Gasteiger partial charge in [-0.2, -0.15) is 0 Å². The van der Waals surface area contributed by atoms with Gasteiger partial charge in [0.2, 0.25) is 5.91 Å². The molecule has 0 saturated carbocycles. The Morgan fingerprint density at radius 1 is 1.38 bits per heavy atom. The molecule has 0 spiro atoms. The number of nitrogen functional groups attached to an aromatic ring is 2. The van der Waals surface area contributed by atoms with Crippen LogP contribution >= 0.6 is 0 Å². The van der Waals surface area contributed by atoms with Crippen molar-refractivity contribution in [2.45, 2.75) is 20.1 Å². The lowest BCUT2D eigenvalue weighted by Crippen LogP contribution is -2.21. The number of nitrogens with one attached hydrogen (secondary N) is 1. The van der Waals surface area contributed by atoms with Gasteiger partial charge in [-0.3, -0.25) is 9.78 Å². The van der Waals surface area contributed by atoms with E-state index in [4.69, 9.17) is 11.5 Å². The van der Waals surface area contributed by atoms with Crippen LogP contribution in [-0.2, 0) is 17.9 Å². The second-order valence-corrected chi connectivity index (χ2v) is 5.29. The molecule has 0 aliphatic heterocycles. The maximum atomic E-state index is 12.0. The van der Waals surface area contributed by atoms with Gasteiger partial charge < -0.3 is 27.0 Å². The molecule has 2 rings (SSSR count). The molecule has 0 fully saturated rings. The summed E-state index contributed by atoms with van der Waals surface area (Å²) in [5, 5.41) is 22.0. The van der Waals surface area contributed by atoms with Crippen LogP contribution in [0.4, 0.5) is 11.4 Å². The smallest absolute Gasteiger partial charge is 0.244 e. The minimum Gasteiger partial charge on any atom is -0.506 e. The lowest BCUT2D eigenvalue weighted by Gasteiger charge is -2.11. The highest BCUT2D eigenvalue weighted by molar-refractivity contribution is 5.92. The number of nitrogens with two attached hydrogens (primary N) is 2. The number of nitrogens with zero attached hydrogens (tertiary/aromatic N) is 1. The van der Waals surface area contributed by atoms with Crippen LogP contribution < -0.4 is 16.8 Å². The van der Waals surface area contributed by atoms with Crippen molar-refractivity contribution < 1.29 is 15.0 Å². The molecule has 0 aliphatic carbocycles. The summed E-state index contributed by atoms with van der Waals surface area (Å²) in [4.78, 5) is 15.9. The number of carbonyl (C=O) groups is 1. The van der Waals surface area contributed by atoms with Crippen LogP contribution in [0.15, 0.2) is 30.5 Å². The largest absolute Gasteiger partial charge is 0.506 e. The van der Waals surface area contributed by atoms with Crippen molar-refractivity contribution in [1.82, 2.24) is 10.3 Å². The fourth-order valence-corrected chi connectivity index (χ4v) is 2.16. The molecule has 126 valence electrons. The van der Waals surface area contributed by atoms with Gasteiger partial charge in [0, 0.05) is 41.3 Å². The summed E-state index contributed by atoms with van der Waals surface area (Å²) in [6.07, 6.45) is 4.36. The molecule has 1 aromatic carbocycles. The summed E-state index contributed by atoms with van der Waals surface area (Å²) < 4.78 is 0. The molecule has 0 aliphatic rings. The van der Waals surface area contributed by atoms with Crippen LogP contribution in [-0.4, -0.2) is 21.1 Å². The number of aromatic nitrogens is 1. The first-order chi connectivity index (χ1) is 11.4. The average molecular weight is 328 g/mol. The molecule has 1 amide bonds. The normalized spacial score (nSPS) is 10.9. The van der Waals surface area contributed by atoms with Crippen LogP contribution in [0.2, 0.25) is 0 Å². The molecular formula is C17H20N4O3. The standard InChI is InChI=1S/C17H20N4O3/c1-10-17(24)14(12(9-22)7-20-10)8-21-16(23)5-2-11-6-13(18)3-4-15(11)19/h2-7,22,24H,8-9,18-19H2,1H3,(H,21,23)/b5-2+. The second-order valence-electron chi connectivity index (χ2n) is 5.29. The summed E-state index contributed by atoms with van der Waals surface area (Å²) in [5.74, 6) is -0.402. The third-order valence-corrected chi connectivity index (χ3v) is 3.57. The Labute approximate surface area is 139 Å². The van der Waals surface area contributed by atoms with Crippen molar-refractivity contribution in [3.05, 3.63) is 52.9 Å². The molecule has 7 heteroatoms. The van der Waals surface area contributed by atoms with Crippen molar-refractivity contribution in [3.8, 4) is 5.75 Å². The van der Waals surface area contributed by atoms with E-state index in [2.05, 4.69) is 10.3 Å². The van der Waals surface area contributed by atoms with E-state index in [9.17, 15) is 15.0 Å². The van der Waals surface area contributed by atoms with Gasteiger partial charge in [0.05, 0.1) is 12.3 Å². The zero-order valence-corrected chi connectivity index (χ0v) is 13.3. The minimum absolute atomic E-state index is 0.0362. The molecule has 1 heterocycles. The van der Waals surface area contributed by atoms with Crippen LogP contribution in [0.25, 0.3) is 6.08 Å². The lowest BCUT2D eigenvalue weighted by molar-refractivity contribution is -0.116. The maximum Gasteiger partial charge on any atom is 0.244 e. The second kappa shape index (κ2) is 7.47. The van der Waals surface area contributed by atoms with Gasteiger partial charge in [0.1, 0.15) is 5.75 Å². The van der Waals surface area contributed by atoms with Crippen molar-refractivity contribution in [1.29, 1.82) is 0 Å². The molecule has 24 heavy (non-hydrogen) atoms. The minimum atomic E-state index is -0.366. The number of benzene rings is 1. The van der Waals surface area contributed by atoms with Crippen LogP contribution in [0.5, 0.6) is 5.75 Å². The fourth-order valence-electron chi connectivity index (χ4n) is 2.16. The van der Waals surface area contributed by atoms with Crippen molar-refractivity contribution in [2.24, 2.45) is 0 Å². The predicted octanol–water partition coefficient (Wildman–Crippen LogP) is 1.08. The molecule has 1 aromatic heterocycles. The molecule has 0 atom stereocenters. The number of hydrogen-bond acceptors (Lipinski definition) is 6. The Bertz CT molecular complexity index is 788. The summed E-state index contributed by atoms with van der Waals surface area (Å²) >= 11 is 0. The quantitative estimate of drug-likeness (QED) is 0.412. The van der Waals surface area contributed by atoms with E-state index in [1.165, 1.54) is 12.3 Å². The van der Waals surface area contributed by atoms with Crippen LogP contribution in [0.1, 0.15) is 22.4 Å². The number of amides is 1. The Morgan fingerprint density at radius 3 is 2.83 bits per heavy atom. The van der Waals surface area contributed by atoms with Crippen molar-refractivity contribution in [3.63, 3.8) is 0 Å². The summed E-state index contributed by atoms with van der Waals surface area (Å²) in [7, 11) is 0. The van der Waals surface area contributed by atoms with Crippen molar-refractivity contribution >= 4 is 23.4 Å². The van der Waals surface area contributed by atoms with E-state index in [0.29, 0.717) is 33.8 Å². The topological polar surface area (TPSA) is 134 Å². The Hall–Kier alpha value is -3.06. The molecule has 2 aromatic rings. The Balaban J connectivity index is 2.08. The molecule has 7 nitrogen and oxygen atoms in total. The van der Waals surface area contributed by atoms with Gasteiger partial charge in [-0.05, 0) is 36.8 Å². The maximum absolute atomic E-state index is 12.0. The Morgan fingerprint density at radius 2 is 2.12 bits per heavy atom. The van der Waals surface area contributed by atoms with Crippen LogP contribution in [0, 0.1) is 6.92 Å². The van der Waals surface area contributed by atoms with Gasteiger partial charge in [-0.15, -0.1) is 0 Å². The van der Waals surface area contributed by atoms with Gasteiger partial charge >= 0.3 is 0 Å². The number of aromatic hydroxyl groups is 1. The highest BCUT2D eigenvalue weighted by Crippen LogP contribution is 2.23. The third kappa shape index (κ3) is 4.02. The molecule has 0 saturated heterocycles. The summed E-state index contributed by atoms with van der Waals surface area (Å²) in [6.45, 7) is 1.44. The zero-order chi connectivity index (χ0) is 17.7. The molecule has 0 bridgehead atoms. The van der Waals surface area contributed by atoms with E-state index in [1.54, 1.807) is 31.2 Å². The number of hydrogen-bond donors (Lipinski definition) is 5. The molecule has 0 radical (unpaired) electrons. The first kappa shape index (κ1) is 17.3. The van der Waals surface area contributed by atoms with E-state index in [1.807, 2.05) is 0 Å². The SMILES string of the molecule is Cc1ncc(CO)c(CNC(=O)/C=C/c2cc(N)ccc2N)c1O. The third-order valence-electron chi connectivity index (χ3n) is 3.57. The van der Waals surface area contributed by atoms with Crippen molar-refractivity contribution in [2.75, 3.05) is 11.5 Å². The highest BCUT2D eigenvalue weighted by Gasteiger charge is 2.11. The van der Waals surface area contributed by atoms with Crippen LogP contribution in [0.3, 0.4) is 0 Å². The summed E-state index contributed by atoms with van der Waals surface area (Å²) in [6, 6.07) is 5.01. The highest BCUT2D eigenvalue weighted by atomic mass is 16.3.